The van der Waals surface area contributed by atoms with Crippen LogP contribution in [0.15, 0.2) is 45.1 Å². The number of nitrogens with one attached hydrogen (secondary N) is 2. The molecule has 0 fully saturated rings. The van der Waals surface area contributed by atoms with Crippen molar-refractivity contribution in [3.05, 3.63) is 45.1 Å². The van der Waals surface area contributed by atoms with E-state index in [4.69, 9.17) is 0 Å². The van der Waals surface area contributed by atoms with E-state index < -0.39 is 10.0 Å². The second-order valence-electron chi connectivity index (χ2n) is 4.86. The minimum absolute atomic E-state index is 0.120. The monoisotopic (exact) mass is 388 g/mol. The van der Waals surface area contributed by atoms with Crippen molar-refractivity contribution >= 4 is 43.0 Å². The van der Waals surface area contributed by atoms with Crippen LogP contribution in [0.3, 0.4) is 0 Å². The van der Waals surface area contributed by atoms with E-state index in [9.17, 15) is 8.42 Å². The Kier molecular flexibility index (Phi) is 5.43. The Morgan fingerprint density at radius 1 is 1.14 bits per heavy atom. The van der Waals surface area contributed by atoms with Crippen LogP contribution in [0.2, 0.25) is 0 Å². The lowest BCUT2D eigenvalue weighted by Gasteiger charge is -2.10. The maximum atomic E-state index is 12.0. The molecular weight excluding hydrogens is 372 g/mol. The Bertz CT molecular complexity index is 694. The fourth-order valence-electron chi connectivity index (χ4n) is 1.77. The first-order valence-corrected chi connectivity index (χ1v) is 9.56. The van der Waals surface area contributed by atoms with E-state index in [0.29, 0.717) is 6.54 Å². The molecule has 2 aromatic rings. The number of rotatable bonds is 6. The molecule has 1 heterocycles. The molecule has 1 aromatic carbocycles. The summed E-state index contributed by atoms with van der Waals surface area (Å²) in [5.74, 6) is 0. The molecule has 0 bridgehead atoms. The standard InChI is InChI=1S/C14H17BrN2O2S2/c1-10(2)17-21(18,19)13-6-3-11(4-7-13)16-9-12-5-8-14(15)20-12/h3-8,10,16-17H,9H2,1-2H3. The van der Waals surface area contributed by atoms with Crippen LogP contribution < -0.4 is 10.0 Å². The molecule has 2 N–H and O–H groups in total. The zero-order valence-electron chi connectivity index (χ0n) is 11.8. The Balaban J connectivity index is 2.02. The molecule has 4 nitrogen and oxygen atoms in total. The van der Waals surface area contributed by atoms with Crippen LogP contribution >= 0.6 is 27.3 Å². The van der Waals surface area contributed by atoms with E-state index in [-0.39, 0.29) is 10.9 Å². The van der Waals surface area contributed by atoms with E-state index >= 15 is 0 Å². The summed E-state index contributed by atoms with van der Waals surface area (Å²) in [6.45, 7) is 4.31. The number of sulfonamides is 1. The van der Waals surface area contributed by atoms with E-state index in [1.807, 2.05) is 12.1 Å². The van der Waals surface area contributed by atoms with Gasteiger partial charge in [0.25, 0.3) is 0 Å². The summed E-state index contributed by atoms with van der Waals surface area (Å²) >= 11 is 5.10. The van der Waals surface area contributed by atoms with E-state index in [1.165, 1.54) is 4.88 Å². The lowest BCUT2D eigenvalue weighted by Crippen LogP contribution is -2.30. The third-order valence-electron chi connectivity index (χ3n) is 2.65. The maximum Gasteiger partial charge on any atom is 0.240 e. The van der Waals surface area contributed by atoms with Crippen molar-refractivity contribution in [2.75, 3.05) is 5.32 Å². The number of halogens is 1. The average molecular weight is 389 g/mol. The summed E-state index contributed by atoms with van der Waals surface area (Å²) in [4.78, 5) is 1.49. The normalized spacial score (nSPS) is 11.8. The largest absolute Gasteiger partial charge is 0.380 e. The summed E-state index contributed by atoms with van der Waals surface area (Å²) < 4.78 is 27.7. The maximum absolute atomic E-state index is 12.0. The van der Waals surface area contributed by atoms with Gasteiger partial charge in [-0.2, -0.15) is 0 Å². The first kappa shape index (κ1) is 16.5. The van der Waals surface area contributed by atoms with Crippen LogP contribution in [0.1, 0.15) is 18.7 Å². The molecule has 0 amide bonds. The van der Waals surface area contributed by atoms with Gasteiger partial charge in [-0.3, -0.25) is 0 Å². The fourth-order valence-corrected chi connectivity index (χ4v) is 4.44. The van der Waals surface area contributed by atoms with E-state index in [2.05, 4.69) is 26.0 Å². The van der Waals surface area contributed by atoms with Gasteiger partial charge in [-0.05, 0) is 66.2 Å². The molecular formula is C14H17BrN2O2S2. The van der Waals surface area contributed by atoms with Crippen molar-refractivity contribution in [1.29, 1.82) is 0 Å². The van der Waals surface area contributed by atoms with Crippen LogP contribution in [0.25, 0.3) is 0 Å². The lowest BCUT2D eigenvalue weighted by molar-refractivity contribution is 0.570. The summed E-state index contributed by atoms with van der Waals surface area (Å²) in [6.07, 6.45) is 0. The summed E-state index contributed by atoms with van der Waals surface area (Å²) in [5.41, 5.74) is 0.892. The molecule has 0 spiro atoms. The highest BCUT2D eigenvalue weighted by Crippen LogP contribution is 2.23. The molecule has 0 aliphatic heterocycles. The van der Waals surface area contributed by atoms with Gasteiger partial charge in [-0.25, -0.2) is 13.1 Å². The van der Waals surface area contributed by atoms with Crippen LogP contribution in [0.5, 0.6) is 0 Å². The van der Waals surface area contributed by atoms with Crippen molar-refractivity contribution in [3.63, 3.8) is 0 Å². The van der Waals surface area contributed by atoms with E-state index in [1.54, 1.807) is 49.4 Å². The third kappa shape index (κ3) is 4.81. The van der Waals surface area contributed by atoms with Gasteiger partial charge in [-0.15, -0.1) is 11.3 Å². The number of hydrogen-bond donors (Lipinski definition) is 2. The van der Waals surface area contributed by atoms with Crippen molar-refractivity contribution in [2.24, 2.45) is 0 Å². The van der Waals surface area contributed by atoms with Crippen LogP contribution in [0.4, 0.5) is 5.69 Å². The Morgan fingerprint density at radius 3 is 2.33 bits per heavy atom. The summed E-state index contributed by atoms with van der Waals surface area (Å²) in [6, 6.07) is 10.7. The third-order valence-corrected chi connectivity index (χ3v) is 5.95. The van der Waals surface area contributed by atoms with E-state index in [0.717, 1.165) is 9.47 Å². The highest BCUT2D eigenvalue weighted by molar-refractivity contribution is 9.11. The van der Waals surface area contributed by atoms with Crippen LogP contribution in [-0.4, -0.2) is 14.5 Å². The highest BCUT2D eigenvalue weighted by Gasteiger charge is 2.14. The quantitative estimate of drug-likeness (QED) is 0.790. The zero-order chi connectivity index (χ0) is 15.5. The summed E-state index contributed by atoms with van der Waals surface area (Å²) in [5, 5.41) is 3.27. The Labute approximate surface area is 137 Å². The van der Waals surface area contributed by atoms with Crippen molar-refractivity contribution in [1.82, 2.24) is 4.72 Å². The Hall–Kier alpha value is -0.890. The first-order valence-electron chi connectivity index (χ1n) is 6.47. The van der Waals surface area contributed by atoms with Gasteiger partial charge < -0.3 is 5.32 Å². The molecule has 0 atom stereocenters. The van der Waals surface area contributed by atoms with Gasteiger partial charge >= 0.3 is 0 Å². The average Bonchev–Trinajstić information content (AvgIpc) is 2.81. The SMILES string of the molecule is CC(C)NS(=O)(=O)c1ccc(NCc2ccc(Br)s2)cc1. The topological polar surface area (TPSA) is 58.2 Å². The number of hydrogen-bond acceptors (Lipinski definition) is 4. The highest BCUT2D eigenvalue weighted by atomic mass is 79.9. The molecule has 21 heavy (non-hydrogen) atoms. The summed E-state index contributed by atoms with van der Waals surface area (Å²) in [7, 11) is -3.42. The number of thiophene rings is 1. The molecule has 7 heteroatoms. The second-order valence-corrected chi connectivity index (χ2v) is 9.12. The van der Waals surface area contributed by atoms with Crippen molar-refractivity contribution in [2.45, 2.75) is 31.3 Å². The minimum atomic E-state index is -3.42. The van der Waals surface area contributed by atoms with Crippen molar-refractivity contribution < 1.29 is 8.42 Å². The zero-order valence-corrected chi connectivity index (χ0v) is 15.0. The van der Waals surface area contributed by atoms with Gasteiger partial charge in [0.05, 0.1) is 8.68 Å². The van der Waals surface area contributed by atoms with Crippen LogP contribution in [0, 0.1) is 0 Å². The predicted molar refractivity (Wildman–Crippen MR) is 91.2 cm³/mol. The molecule has 0 aliphatic carbocycles. The van der Waals surface area contributed by atoms with Gasteiger partial charge in [-0.1, -0.05) is 0 Å². The number of benzene rings is 1. The predicted octanol–water partition coefficient (Wildman–Crippen LogP) is 3.81. The molecule has 0 aliphatic rings. The lowest BCUT2D eigenvalue weighted by atomic mass is 10.3. The molecule has 1 aromatic heterocycles. The Morgan fingerprint density at radius 2 is 1.81 bits per heavy atom. The molecule has 2 rings (SSSR count). The molecule has 114 valence electrons. The molecule has 0 unspecified atom stereocenters. The van der Waals surface area contributed by atoms with Gasteiger partial charge in [0, 0.05) is 23.2 Å². The smallest absolute Gasteiger partial charge is 0.240 e. The molecule has 0 saturated carbocycles. The number of anilines is 1. The first-order chi connectivity index (χ1) is 9.87. The van der Waals surface area contributed by atoms with Gasteiger partial charge in [0.15, 0.2) is 0 Å². The van der Waals surface area contributed by atoms with Crippen LogP contribution in [-0.2, 0) is 16.6 Å². The van der Waals surface area contributed by atoms with Gasteiger partial charge in [0.1, 0.15) is 0 Å². The molecule has 0 saturated heterocycles. The second kappa shape index (κ2) is 6.91. The van der Waals surface area contributed by atoms with Crippen molar-refractivity contribution in [3.8, 4) is 0 Å². The van der Waals surface area contributed by atoms with Gasteiger partial charge in [0.2, 0.25) is 10.0 Å². The fraction of sp³-hybridized carbons (Fsp3) is 0.286. The minimum Gasteiger partial charge on any atom is -0.380 e. The molecule has 0 radical (unpaired) electrons.